The minimum atomic E-state index is -3.39. The molecule has 6 heteroatoms. The molecule has 0 spiro atoms. The lowest BCUT2D eigenvalue weighted by Gasteiger charge is -2.14. The standard InChI is InChI=1S/C11H17N3O2S/c1-8-10(6-12-14-8)17(15,16)13-7-11(4-5-11)9-2-3-9/h6,9,13H,2-5,7H2,1H3,(H,12,14). The quantitative estimate of drug-likeness (QED) is 0.829. The monoisotopic (exact) mass is 255 g/mol. The molecule has 3 rings (SSSR count). The zero-order chi connectivity index (χ0) is 12.1. The van der Waals surface area contributed by atoms with Gasteiger partial charge in [0.2, 0.25) is 10.0 Å². The maximum absolute atomic E-state index is 12.1. The first kappa shape index (κ1) is 11.2. The summed E-state index contributed by atoms with van der Waals surface area (Å²) in [6, 6.07) is 0. The molecule has 0 aromatic carbocycles. The SMILES string of the molecule is Cc1[nH]ncc1S(=O)(=O)NCC1(C2CC2)CC1. The average Bonchev–Trinajstić information content (AvgIpc) is 3.15. The molecule has 0 radical (unpaired) electrons. The van der Waals surface area contributed by atoms with Gasteiger partial charge in [-0.1, -0.05) is 0 Å². The van der Waals surface area contributed by atoms with Crippen molar-refractivity contribution >= 4 is 10.0 Å². The summed E-state index contributed by atoms with van der Waals surface area (Å²) in [6.45, 7) is 2.31. The smallest absolute Gasteiger partial charge is 0.243 e. The summed E-state index contributed by atoms with van der Waals surface area (Å²) in [5.74, 6) is 0.760. The predicted molar refractivity (Wildman–Crippen MR) is 62.9 cm³/mol. The Morgan fingerprint density at radius 2 is 2.24 bits per heavy atom. The third-order valence-electron chi connectivity index (χ3n) is 4.02. The second kappa shape index (κ2) is 3.55. The van der Waals surface area contributed by atoms with E-state index in [0.29, 0.717) is 12.2 Å². The molecule has 17 heavy (non-hydrogen) atoms. The summed E-state index contributed by atoms with van der Waals surface area (Å²) >= 11 is 0. The summed E-state index contributed by atoms with van der Waals surface area (Å²) in [5, 5.41) is 6.40. The molecule has 0 aliphatic heterocycles. The number of nitrogens with one attached hydrogen (secondary N) is 2. The van der Waals surface area contributed by atoms with Crippen LogP contribution in [-0.4, -0.2) is 25.2 Å². The Morgan fingerprint density at radius 3 is 2.71 bits per heavy atom. The van der Waals surface area contributed by atoms with Gasteiger partial charge in [0, 0.05) is 6.54 Å². The lowest BCUT2D eigenvalue weighted by Crippen LogP contribution is -2.31. The molecule has 0 atom stereocenters. The van der Waals surface area contributed by atoms with Gasteiger partial charge >= 0.3 is 0 Å². The van der Waals surface area contributed by atoms with Crippen LogP contribution in [0.5, 0.6) is 0 Å². The highest BCUT2D eigenvalue weighted by atomic mass is 32.2. The van der Waals surface area contributed by atoms with Gasteiger partial charge in [-0.05, 0) is 43.9 Å². The van der Waals surface area contributed by atoms with Crippen molar-refractivity contribution in [2.75, 3.05) is 6.54 Å². The van der Waals surface area contributed by atoms with E-state index < -0.39 is 10.0 Å². The number of hydrogen-bond acceptors (Lipinski definition) is 3. The zero-order valence-corrected chi connectivity index (χ0v) is 10.7. The lowest BCUT2D eigenvalue weighted by molar-refractivity contribution is 0.432. The normalized spacial score (nSPS) is 22.6. The summed E-state index contributed by atoms with van der Waals surface area (Å²) in [5.41, 5.74) is 0.874. The molecule has 0 amide bonds. The van der Waals surface area contributed by atoms with Crippen LogP contribution in [-0.2, 0) is 10.0 Å². The van der Waals surface area contributed by atoms with E-state index in [4.69, 9.17) is 0 Å². The van der Waals surface area contributed by atoms with Crippen molar-refractivity contribution in [3.05, 3.63) is 11.9 Å². The second-order valence-corrected chi connectivity index (χ2v) is 7.06. The summed E-state index contributed by atoms with van der Waals surface area (Å²) in [7, 11) is -3.39. The van der Waals surface area contributed by atoms with Crippen LogP contribution in [0.1, 0.15) is 31.4 Å². The van der Waals surface area contributed by atoms with E-state index in [1.54, 1.807) is 6.92 Å². The van der Waals surface area contributed by atoms with Crippen LogP contribution in [0.4, 0.5) is 0 Å². The van der Waals surface area contributed by atoms with Crippen LogP contribution in [0.2, 0.25) is 0 Å². The molecular formula is C11H17N3O2S. The Morgan fingerprint density at radius 1 is 1.53 bits per heavy atom. The van der Waals surface area contributed by atoms with Gasteiger partial charge in [0.15, 0.2) is 0 Å². The molecule has 0 bridgehead atoms. The molecule has 2 aliphatic carbocycles. The molecule has 94 valence electrons. The number of aryl methyl sites for hydroxylation is 1. The molecule has 2 saturated carbocycles. The fourth-order valence-electron chi connectivity index (χ4n) is 2.51. The highest BCUT2D eigenvalue weighted by molar-refractivity contribution is 7.89. The molecule has 1 aromatic heterocycles. The van der Waals surface area contributed by atoms with Crippen LogP contribution >= 0.6 is 0 Å². The first-order chi connectivity index (χ1) is 8.04. The van der Waals surface area contributed by atoms with E-state index in [1.165, 1.54) is 31.9 Å². The number of nitrogens with zero attached hydrogens (tertiary/aromatic N) is 1. The largest absolute Gasteiger partial charge is 0.281 e. The Balaban J connectivity index is 1.71. The first-order valence-corrected chi connectivity index (χ1v) is 7.51. The van der Waals surface area contributed by atoms with Crippen LogP contribution in [0.3, 0.4) is 0 Å². The third-order valence-corrected chi connectivity index (χ3v) is 5.54. The first-order valence-electron chi connectivity index (χ1n) is 6.03. The van der Waals surface area contributed by atoms with Gasteiger partial charge in [-0.25, -0.2) is 13.1 Å². The minimum Gasteiger partial charge on any atom is -0.281 e. The van der Waals surface area contributed by atoms with Gasteiger partial charge in [0.1, 0.15) is 4.90 Å². The molecule has 2 aliphatic rings. The molecular weight excluding hydrogens is 238 g/mol. The van der Waals surface area contributed by atoms with Crippen LogP contribution in [0, 0.1) is 18.3 Å². The Hall–Kier alpha value is -0.880. The molecule has 0 saturated heterocycles. The highest BCUT2D eigenvalue weighted by Gasteiger charge is 2.53. The van der Waals surface area contributed by atoms with E-state index in [-0.39, 0.29) is 10.3 Å². The summed E-state index contributed by atoms with van der Waals surface area (Å²) in [6.07, 6.45) is 6.25. The van der Waals surface area contributed by atoms with Gasteiger partial charge in [0.05, 0.1) is 11.9 Å². The topological polar surface area (TPSA) is 74.8 Å². The average molecular weight is 255 g/mol. The maximum atomic E-state index is 12.1. The molecule has 2 N–H and O–H groups in total. The highest BCUT2D eigenvalue weighted by Crippen LogP contribution is 2.60. The van der Waals surface area contributed by atoms with E-state index >= 15 is 0 Å². The predicted octanol–water partition coefficient (Wildman–Crippen LogP) is 1.19. The van der Waals surface area contributed by atoms with Gasteiger partial charge in [-0.3, -0.25) is 5.10 Å². The Labute approximate surface area is 101 Å². The van der Waals surface area contributed by atoms with Crippen molar-refractivity contribution < 1.29 is 8.42 Å². The Kier molecular flexibility index (Phi) is 2.35. The molecule has 1 heterocycles. The van der Waals surface area contributed by atoms with E-state index in [2.05, 4.69) is 14.9 Å². The number of aromatic amines is 1. The molecule has 0 unspecified atom stereocenters. The lowest BCUT2D eigenvalue weighted by atomic mass is 10.0. The fourth-order valence-corrected chi connectivity index (χ4v) is 3.79. The third kappa shape index (κ3) is 1.99. The molecule has 2 fully saturated rings. The number of H-pyrrole nitrogens is 1. The summed E-state index contributed by atoms with van der Waals surface area (Å²) in [4.78, 5) is 0.268. The van der Waals surface area contributed by atoms with Crippen molar-refractivity contribution in [2.45, 2.75) is 37.5 Å². The van der Waals surface area contributed by atoms with Gasteiger partial charge in [-0.15, -0.1) is 0 Å². The van der Waals surface area contributed by atoms with Crippen molar-refractivity contribution in [3.63, 3.8) is 0 Å². The maximum Gasteiger partial charge on any atom is 0.243 e. The Bertz CT molecular complexity index is 527. The van der Waals surface area contributed by atoms with Crippen molar-refractivity contribution in [3.8, 4) is 0 Å². The van der Waals surface area contributed by atoms with E-state index in [1.807, 2.05) is 0 Å². The van der Waals surface area contributed by atoms with Gasteiger partial charge < -0.3 is 0 Å². The fraction of sp³-hybridized carbons (Fsp3) is 0.727. The molecule has 1 aromatic rings. The van der Waals surface area contributed by atoms with Gasteiger partial charge in [0.25, 0.3) is 0 Å². The van der Waals surface area contributed by atoms with E-state index in [0.717, 1.165) is 5.92 Å². The van der Waals surface area contributed by atoms with Crippen molar-refractivity contribution in [2.24, 2.45) is 11.3 Å². The van der Waals surface area contributed by atoms with Crippen LogP contribution in [0.25, 0.3) is 0 Å². The van der Waals surface area contributed by atoms with Crippen LogP contribution < -0.4 is 4.72 Å². The molecule has 5 nitrogen and oxygen atoms in total. The van der Waals surface area contributed by atoms with E-state index in [9.17, 15) is 8.42 Å². The number of rotatable bonds is 5. The summed E-state index contributed by atoms with van der Waals surface area (Å²) < 4.78 is 26.9. The van der Waals surface area contributed by atoms with Crippen molar-refractivity contribution in [1.29, 1.82) is 0 Å². The van der Waals surface area contributed by atoms with Gasteiger partial charge in [-0.2, -0.15) is 5.10 Å². The number of hydrogen-bond donors (Lipinski definition) is 2. The van der Waals surface area contributed by atoms with Crippen LogP contribution in [0.15, 0.2) is 11.1 Å². The van der Waals surface area contributed by atoms with Crippen molar-refractivity contribution in [1.82, 2.24) is 14.9 Å². The minimum absolute atomic E-state index is 0.268. The zero-order valence-electron chi connectivity index (χ0n) is 9.86. The second-order valence-electron chi connectivity index (χ2n) is 5.32. The number of sulfonamides is 1. The number of aromatic nitrogens is 2.